The summed E-state index contributed by atoms with van der Waals surface area (Å²) in [5, 5.41) is 2.13. The van der Waals surface area contributed by atoms with Crippen molar-refractivity contribution in [3.05, 3.63) is 18.2 Å². The Morgan fingerprint density at radius 1 is 1.10 bits per heavy atom. The number of hydrogen-bond donors (Lipinski definition) is 1. The maximum absolute atomic E-state index is 13.0. The standard InChI is InChI=1S/C18H25N3O7S/c1-2-26-18(23)19-17(22)13-20-6-8-21(9-7-20)29(24,25)14-4-5-15-16(12-14)28-11-3-10-27-15/h4-5,12H,2-3,6-11,13H2,1H3,(H,19,22,23). The normalized spacial score (nSPS) is 18.0. The van der Waals surface area contributed by atoms with Crippen molar-refractivity contribution in [3.63, 3.8) is 0 Å². The van der Waals surface area contributed by atoms with Gasteiger partial charge in [-0.05, 0) is 19.1 Å². The summed E-state index contributed by atoms with van der Waals surface area (Å²) in [6.45, 7) is 4.06. The first-order chi connectivity index (χ1) is 13.9. The molecule has 0 bridgehead atoms. The summed E-state index contributed by atoms with van der Waals surface area (Å²) in [4.78, 5) is 25.1. The molecular formula is C18H25N3O7S. The lowest BCUT2D eigenvalue weighted by Crippen LogP contribution is -2.51. The zero-order chi connectivity index (χ0) is 20.9. The number of imide groups is 1. The molecule has 0 unspecified atom stereocenters. The molecule has 1 fully saturated rings. The fourth-order valence-corrected chi connectivity index (χ4v) is 4.54. The van der Waals surface area contributed by atoms with Gasteiger partial charge in [0.25, 0.3) is 0 Å². The summed E-state index contributed by atoms with van der Waals surface area (Å²) < 4.78 is 43.1. The molecule has 0 spiro atoms. The number of nitrogens with zero attached hydrogens (tertiary/aromatic N) is 2. The maximum atomic E-state index is 13.0. The summed E-state index contributed by atoms with van der Waals surface area (Å²) in [5.41, 5.74) is 0. The molecule has 11 heteroatoms. The second-order valence-electron chi connectivity index (χ2n) is 6.61. The molecule has 160 valence electrons. The van der Waals surface area contributed by atoms with Gasteiger partial charge in [0.05, 0.1) is 31.3 Å². The van der Waals surface area contributed by atoms with E-state index in [9.17, 15) is 18.0 Å². The minimum Gasteiger partial charge on any atom is -0.490 e. The molecule has 1 N–H and O–H groups in total. The van der Waals surface area contributed by atoms with Crippen LogP contribution in [0.4, 0.5) is 4.79 Å². The first kappa shape index (κ1) is 21.3. The summed E-state index contributed by atoms with van der Waals surface area (Å²) in [7, 11) is -3.69. The minimum absolute atomic E-state index is 0.00325. The highest BCUT2D eigenvalue weighted by Crippen LogP contribution is 2.33. The van der Waals surface area contributed by atoms with Gasteiger partial charge < -0.3 is 14.2 Å². The van der Waals surface area contributed by atoms with Crippen molar-refractivity contribution < 1.29 is 32.2 Å². The van der Waals surface area contributed by atoms with Crippen molar-refractivity contribution >= 4 is 22.0 Å². The molecule has 10 nitrogen and oxygen atoms in total. The van der Waals surface area contributed by atoms with E-state index in [4.69, 9.17) is 9.47 Å². The number of ether oxygens (including phenoxy) is 3. The highest BCUT2D eigenvalue weighted by atomic mass is 32.2. The van der Waals surface area contributed by atoms with Crippen molar-refractivity contribution in [2.75, 3.05) is 52.5 Å². The number of alkyl carbamates (subject to hydrolysis) is 1. The van der Waals surface area contributed by atoms with Gasteiger partial charge in [-0.1, -0.05) is 0 Å². The van der Waals surface area contributed by atoms with Crippen LogP contribution in [0.2, 0.25) is 0 Å². The number of amides is 2. The van der Waals surface area contributed by atoms with Gasteiger partial charge in [0.1, 0.15) is 0 Å². The summed E-state index contributed by atoms with van der Waals surface area (Å²) in [5.74, 6) is 0.486. The van der Waals surface area contributed by atoms with Crippen LogP contribution >= 0.6 is 0 Å². The van der Waals surface area contributed by atoms with Crippen LogP contribution in [-0.2, 0) is 19.6 Å². The molecule has 1 saturated heterocycles. The predicted octanol–water partition coefficient (Wildman–Crippen LogP) is 0.427. The van der Waals surface area contributed by atoms with E-state index in [1.54, 1.807) is 17.9 Å². The van der Waals surface area contributed by atoms with Crippen molar-refractivity contribution in [2.24, 2.45) is 0 Å². The lowest BCUT2D eigenvalue weighted by atomic mass is 10.3. The Balaban J connectivity index is 1.58. The molecule has 2 aliphatic rings. The molecule has 0 radical (unpaired) electrons. The third kappa shape index (κ3) is 5.37. The molecule has 3 rings (SSSR count). The number of rotatable bonds is 5. The molecule has 0 aromatic heterocycles. The maximum Gasteiger partial charge on any atom is 0.413 e. The molecule has 29 heavy (non-hydrogen) atoms. The van der Waals surface area contributed by atoms with Gasteiger partial charge in [0, 0.05) is 38.7 Å². The van der Waals surface area contributed by atoms with Crippen LogP contribution in [0.25, 0.3) is 0 Å². The topological polar surface area (TPSA) is 114 Å². The molecule has 1 aromatic rings. The van der Waals surface area contributed by atoms with Crippen LogP contribution in [0.15, 0.2) is 23.1 Å². The number of sulfonamides is 1. The molecule has 0 saturated carbocycles. The average molecular weight is 427 g/mol. The number of carbonyl (C=O) groups excluding carboxylic acids is 2. The second-order valence-corrected chi connectivity index (χ2v) is 8.55. The third-order valence-electron chi connectivity index (χ3n) is 4.57. The smallest absolute Gasteiger partial charge is 0.413 e. The van der Waals surface area contributed by atoms with E-state index in [0.29, 0.717) is 37.8 Å². The van der Waals surface area contributed by atoms with Gasteiger partial charge in [0.15, 0.2) is 11.5 Å². The van der Waals surface area contributed by atoms with Gasteiger partial charge in [-0.3, -0.25) is 15.0 Å². The van der Waals surface area contributed by atoms with Crippen LogP contribution in [0, 0.1) is 0 Å². The van der Waals surface area contributed by atoms with Gasteiger partial charge in [0.2, 0.25) is 15.9 Å². The van der Waals surface area contributed by atoms with E-state index in [-0.39, 0.29) is 31.1 Å². The first-order valence-electron chi connectivity index (χ1n) is 9.49. The number of carbonyl (C=O) groups is 2. The molecule has 2 aliphatic heterocycles. The van der Waals surface area contributed by atoms with Crippen LogP contribution in [-0.4, -0.2) is 82.2 Å². The number of hydrogen-bond acceptors (Lipinski definition) is 8. The molecule has 0 atom stereocenters. The Hall–Kier alpha value is -2.37. The monoisotopic (exact) mass is 427 g/mol. The van der Waals surface area contributed by atoms with E-state index in [2.05, 4.69) is 10.1 Å². The summed E-state index contributed by atoms with van der Waals surface area (Å²) in [6.07, 6.45) is -0.0456. The zero-order valence-corrected chi connectivity index (χ0v) is 17.1. The molecule has 1 aromatic carbocycles. The first-order valence-corrected chi connectivity index (χ1v) is 10.9. The minimum atomic E-state index is -3.69. The van der Waals surface area contributed by atoms with Crippen LogP contribution in [0.5, 0.6) is 11.5 Å². The quantitative estimate of drug-likeness (QED) is 0.719. The lowest BCUT2D eigenvalue weighted by Gasteiger charge is -2.33. The Bertz CT molecular complexity index is 851. The van der Waals surface area contributed by atoms with Crippen LogP contribution in [0.1, 0.15) is 13.3 Å². The fourth-order valence-electron chi connectivity index (χ4n) is 3.10. The van der Waals surface area contributed by atoms with E-state index in [1.165, 1.54) is 16.4 Å². The van der Waals surface area contributed by atoms with E-state index in [1.807, 2.05) is 0 Å². The lowest BCUT2D eigenvalue weighted by molar-refractivity contribution is -0.121. The zero-order valence-electron chi connectivity index (χ0n) is 16.3. The molecule has 2 amide bonds. The summed E-state index contributed by atoms with van der Waals surface area (Å²) in [6, 6.07) is 4.63. The Kier molecular flexibility index (Phi) is 6.93. The second kappa shape index (κ2) is 9.42. The number of fused-ring (bicyclic) bond motifs is 1. The van der Waals surface area contributed by atoms with Crippen LogP contribution in [0.3, 0.4) is 0 Å². The molecular weight excluding hydrogens is 402 g/mol. The van der Waals surface area contributed by atoms with Crippen molar-refractivity contribution in [3.8, 4) is 11.5 Å². The molecule has 0 aliphatic carbocycles. The van der Waals surface area contributed by atoms with Crippen molar-refractivity contribution in [2.45, 2.75) is 18.2 Å². The van der Waals surface area contributed by atoms with Gasteiger partial charge >= 0.3 is 6.09 Å². The van der Waals surface area contributed by atoms with E-state index >= 15 is 0 Å². The average Bonchev–Trinajstić information content (AvgIpc) is 2.93. The predicted molar refractivity (Wildman–Crippen MR) is 102 cm³/mol. The SMILES string of the molecule is CCOC(=O)NC(=O)CN1CCN(S(=O)(=O)c2ccc3c(c2)OCCCO3)CC1. The van der Waals surface area contributed by atoms with Crippen LogP contribution < -0.4 is 14.8 Å². The number of benzene rings is 1. The van der Waals surface area contributed by atoms with Gasteiger partial charge in [-0.25, -0.2) is 13.2 Å². The largest absolute Gasteiger partial charge is 0.490 e. The highest BCUT2D eigenvalue weighted by Gasteiger charge is 2.30. The van der Waals surface area contributed by atoms with E-state index in [0.717, 1.165) is 6.42 Å². The Labute approximate surface area is 169 Å². The van der Waals surface area contributed by atoms with Crippen molar-refractivity contribution in [1.29, 1.82) is 0 Å². The molecule has 2 heterocycles. The third-order valence-corrected chi connectivity index (χ3v) is 6.47. The summed E-state index contributed by atoms with van der Waals surface area (Å²) >= 11 is 0. The fraction of sp³-hybridized carbons (Fsp3) is 0.556. The number of nitrogens with one attached hydrogen (secondary N) is 1. The Morgan fingerprint density at radius 2 is 1.79 bits per heavy atom. The Morgan fingerprint density at radius 3 is 2.48 bits per heavy atom. The van der Waals surface area contributed by atoms with Gasteiger partial charge in [-0.2, -0.15) is 4.31 Å². The van der Waals surface area contributed by atoms with Crippen molar-refractivity contribution in [1.82, 2.24) is 14.5 Å². The number of piperazine rings is 1. The van der Waals surface area contributed by atoms with Gasteiger partial charge in [-0.15, -0.1) is 0 Å². The van der Waals surface area contributed by atoms with E-state index < -0.39 is 22.0 Å². The highest BCUT2D eigenvalue weighted by molar-refractivity contribution is 7.89.